The molecule has 1 aromatic rings. The van der Waals surface area contributed by atoms with E-state index in [0.717, 1.165) is 18.7 Å². The molecule has 1 aliphatic carbocycles. The van der Waals surface area contributed by atoms with Gasteiger partial charge in [-0.15, -0.1) is 0 Å². The molecule has 0 saturated heterocycles. The normalized spacial score (nSPS) is 16.6. The van der Waals surface area contributed by atoms with Crippen LogP contribution in [0.15, 0.2) is 0 Å². The first-order chi connectivity index (χ1) is 9.28. The number of aryl methyl sites for hydroxylation is 2. The zero-order chi connectivity index (χ0) is 14.9. The summed E-state index contributed by atoms with van der Waals surface area (Å²) in [6, 6.07) is -0.645. The molecule has 0 radical (unpaired) electrons. The Morgan fingerprint density at radius 2 is 2.05 bits per heavy atom. The van der Waals surface area contributed by atoms with Crippen molar-refractivity contribution in [1.82, 2.24) is 9.55 Å². The second-order valence-corrected chi connectivity index (χ2v) is 6.51. The van der Waals surface area contributed by atoms with Crippen LogP contribution in [0.4, 0.5) is 0 Å². The van der Waals surface area contributed by atoms with Crippen LogP contribution in [0.1, 0.15) is 50.8 Å². The van der Waals surface area contributed by atoms with E-state index in [1.165, 1.54) is 24.2 Å². The molecule has 2 N–H and O–H groups in total. The number of hydrogen-bond acceptors (Lipinski definition) is 4. The van der Waals surface area contributed by atoms with Crippen LogP contribution in [0.5, 0.6) is 0 Å². The van der Waals surface area contributed by atoms with Crippen LogP contribution in [0, 0.1) is 6.92 Å². The molecule has 0 fully saturated rings. The zero-order valence-corrected chi connectivity index (χ0v) is 12.9. The molecule has 1 heterocycles. The van der Waals surface area contributed by atoms with Gasteiger partial charge in [0.25, 0.3) is 0 Å². The van der Waals surface area contributed by atoms with Gasteiger partial charge in [0.2, 0.25) is 0 Å². The largest absolute Gasteiger partial charge is 0.459 e. The molecular formula is C15H25N3O2. The number of ether oxygens (including phenoxy) is 1. The van der Waals surface area contributed by atoms with Crippen molar-refractivity contribution in [3.63, 3.8) is 0 Å². The van der Waals surface area contributed by atoms with E-state index >= 15 is 0 Å². The van der Waals surface area contributed by atoms with Crippen LogP contribution in [0.3, 0.4) is 0 Å². The van der Waals surface area contributed by atoms with E-state index in [1.54, 1.807) is 0 Å². The van der Waals surface area contributed by atoms with Crippen molar-refractivity contribution in [1.29, 1.82) is 0 Å². The summed E-state index contributed by atoms with van der Waals surface area (Å²) in [7, 11) is 0. The molecule has 0 bridgehead atoms. The van der Waals surface area contributed by atoms with Crippen molar-refractivity contribution in [3.8, 4) is 0 Å². The SMILES string of the molecule is Cc1nc2c(n1CC(N)C(=O)OC(C)(C)C)CCCC2. The number of aromatic nitrogens is 2. The third kappa shape index (κ3) is 3.39. The first kappa shape index (κ1) is 15.0. The number of imidazole rings is 1. The van der Waals surface area contributed by atoms with E-state index in [0.29, 0.717) is 6.54 Å². The molecule has 1 aliphatic rings. The summed E-state index contributed by atoms with van der Waals surface area (Å²) in [4.78, 5) is 16.6. The average Bonchev–Trinajstić information content (AvgIpc) is 2.64. The molecular weight excluding hydrogens is 254 g/mol. The van der Waals surface area contributed by atoms with E-state index < -0.39 is 11.6 Å². The highest BCUT2D eigenvalue weighted by atomic mass is 16.6. The second kappa shape index (κ2) is 5.56. The summed E-state index contributed by atoms with van der Waals surface area (Å²) in [6.07, 6.45) is 4.43. The van der Waals surface area contributed by atoms with E-state index in [9.17, 15) is 4.79 Å². The smallest absolute Gasteiger partial charge is 0.325 e. The van der Waals surface area contributed by atoms with E-state index in [2.05, 4.69) is 9.55 Å². The fraction of sp³-hybridized carbons (Fsp3) is 0.733. The Kier molecular flexibility index (Phi) is 4.18. The van der Waals surface area contributed by atoms with Gasteiger partial charge < -0.3 is 15.0 Å². The maximum Gasteiger partial charge on any atom is 0.325 e. The summed E-state index contributed by atoms with van der Waals surface area (Å²) >= 11 is 0. The lowest BCUT2D eigenvalue weighted by Crippen LogP contribution is -2.40. The average molecular weight is 279 g/mol. The Labute approximate surface area is 120 Å². The lowest BCUT2D eigenvalue weighted by molar-refractivity contribution is -0.156. The monoisotopic (exact) mass is 279 g/mol. The molecule has 5 nitrogen and oxygen atoms in total. The van der Waals surface area contributed by atoms with Gasteiger partial charge in [-0.3, -0.25) is 4.79 Å². The van der Waals surface area contributed by atoms with Gasteiger partial charge in [-0.2, -0.15) is 0 Å². The predicted octanol–water partition coefficient (Wildman–Crippen LogP) is 1.74. The molecule has 1 unspecified atom stereocenters. The minimum atomic E-state index is -0.645. The van der Waals surface area contributed by atoms with Crippen LogP contribution in [0.2, 0.25) is 0 Å². The van der Waals surface area contributed by atoms with Gasteiger partial charge >= 0.3 is 5.97 Å². The Balaban J connectivity index is 2.10. The predicted molar refractivity (Wildman–Crippen MR) is 77.4 cm³/mol. The highest BCUT2D eigenvalue weighted by Gasteiger charge is 2.25. The Morgan fingerprint density at radius 1 is 1.40 bits per heavy atom. The molecule has 0 spiro atoms. The van der Waals surface area contributed by atoms with Crippen LogP contribution >= 0.6 is 0 Å². The minimum absolute atomic E-state index is 0.352. The van der Waals surface area contributed by atoms with Crippen LogP contribution < -0.4 is 5.73 Å². The van der Waals surface area contributed by atoms with Crippen molar-refractivity contribution < 1.29 is 9.53 Å². The molecule has 0 aromatic carbocycles. The summed E-state index contributed by atoms with van der Waals surface area (Å²) in [6.45, 7) is 7.97. The van der Waals surface area contributed by atoms with E-state index in [4.69, 9.17) is 10.5 Å². The topological polar surface area (TPSA) is 70.1 Å². The lowest BCUT2D eigenvalue weighted by atomic mass is 10.0. The fourth-order valence-corrected chi connectivity index (χ4v) is 2.63. The molecule has 0 saturated carbocycles. The standard InChI is InChI=1S/C15H25N3O2/c1-10-17-12-7-5-6-8-13(12)18(10)9-11(16)14(19)20-15(2,3)4/h11H,5-9,16H2,1-4H3. The van der Waals surface area contributed by atoms with Gasteiger partial charge in [-0.25, -0.2) is 4.98 Å². The van der Waals surface area contributed by atoms with Gasteiger partial charge in [0.1, 0.15) is 17.5 Å². The molecule has 1 aromatic heterocycles. The molecule has 0 aliphatic heterocycles. The Morgan fingerprint density at radius 3 is 2.70 bits per heavy atom. The van der Waals surface area contributed by atoms with Crippen molar-refractivity contribution in [2.24, 2.45) is 5.73 Å². The third-order valence-electron chi connectivity index (χ3n) is 3.51. The van der Waals surface area contributed by atoms with Crippen molar-refractivity contribution in [2.45, 2.75) is 71.6 Å². The van der Waals surface area contributed by atoms with E-state index in [1.807, 2.05) is 27.7 Å². The minimum Gasteiger partial charge on any atom is -0.459 e. The second-order valence-electron chi connectivity index (χ2n) is 6.51. The van der Waals surface area contributed by atoms with Gasteiger partial charge in [-0.05, 0) is 53.4 Å². The number of fused-ring (bicyclic) bond motifs is 1. The summed E-state index contributed by atoms with van der Waals surface area (Å²) in [5.74, 6) is 0.589. The molecule has 5 heteroatoms. The van der Waals surface area contributed by atoms with E-state index in [-0.39, 0.29) is 5.97 Å². The van der Waals surface area contributed by atoms with Crippen LogP contribution in [0.25, 0.3) is 0 Å². The zero-order valence-electron chi connectivity index (χ0n) is 12.9. The first-order valence-corrected chi connectivity index (χ1v) is 7.31. The first-order valence-electron chi connectivity index (χ1n) is 7.31. The molecule has 1 atom stereocenters. The maximum atomic E-state index is 12.0. The lowest BCUT2D eigenvalue weighted by Gasteiger charge is -2.23. The highest BCUT2D eigenvalue weighted by molar-refractivity contribution is 5.75. The van der Waals surface area contributed by atoms with Crippen molar-refractivity contribution in [2.75, 3.05) is 0 Å². The van der Waals surface area contributed by atoms with Gasteiger partial charge in [0.15, 0.2) is 0 Å². The number of hydrogen-bond donors (Lipinski definition) is 1. The summed E-state index contributed by atoms with van der Waals surface area (Å²) in [5, 5.41) is 0. The number of rotatable bonds is 3. The molecule has 0 amide bonds. The van der Waals surface area contributed by atoms with Gasteiger partial charge in [0, 0.05) is 12.2 Å². The summed E-state index contributed by atoms with van der Waals surface area (Å²) in [5.41, 5.74) is 7.91. The Bertz CT molecular complexity index is 500. The van der Waals surface area contributed by atoms with Gasteiger partial charge in [0.05, 0.1) is 5.69 Å². The molecule has 112 valence electrons. The Hall–Kier alpha value is -1.36. The number of nitrogens with two attached hydrogens (primary N) is 1. The van der Waals surface area contributed by atoms with Gasteiger partial charge in [-0.1, -0.05) is 0 Å². The number of esters is 1. The number of nitrogens with zero attached hydrogens (tertiary/aromatic N) is 2. The number of carbonyl (C=O) groups is 1. The van der Waals surface area contributed by atoms with Crippen molar-refractivity contribution in [3.05, 3.63) is 17.2 Å². The highest BCUT2D eigenvalue weighted by Crippen LogP contribution is 2.22. The van der Waals surface area contributed by atoms with Crippen LogP contribution in [-0.4, -0.2) is 27.2 Å². The van der Waals surface area contributed by atoms with Crippen molar-refractivity contribution >= 4 is 5.97 Å². The molecule has 20 heavy (non-hydrogen) atoms. The summed E-state index contributed by atoms with van der Waals surface area (Å²) < 4.78 is 7.42. The number of carbonyl (C=O) groups excluding carboxylic acids is 1. The fourth-order valence-electron chi connectivity index (χ4n) is 2.63. The third-order valence-corrected chi connectivity index (χ3v) is 3.51. The maximum absolute atomic E-state index is 12.0. The quantitative estimate of drug-likeness (QED) is 0.856. The van der Waals surface area contributed by atoms with Crippen LogP contribution in [-0.2, 0) is 28.9 Å². The molecule has 2 rings (SSSR count).